The van der Waals surface area contributed by atoms with E-state index in [4.69, 9.17) is 4.74 Å². The summed E-state index contributed by atoms with van der Waals surface area (Å²) in [5, 5.41) is 0. The Morgan fingerprint density at radius 2 is 1.79 bits per heavy atom. The minimum absolute atomic E-state index is 0.159. The summed E-state index contributed by atoms with van der Waals surface area (Å²) in [5.74, 6) is 1.76. The molecule has 1 saturated heterocycles. The van der Waals surface area contributed by atoms with Crippen LogP contribution in [-0.4, -0.2) is 29.9 Å². The second kappa shape index (κ2) is 8.23. The second-order valence-corrected chi connectivity index (χ2v) is 9.47. The van der Waals surface area contributed by atoms with Gasteiger partial charge in [0.2, 0.25) is 5.78 Å². The highest BCUT2D eigenvalue weighted by molar-refractivity contribution is 8.16. The van der Waals surface area contributed by atoms with Gasteiger partial charge in [-0.25, -0.2) is 4.79 Å². The largest absolute Gasteiger partial charge is 0.454 e. The van der Waals surface area contributed by atoms with Crippen LogP contribution in [0.5, 0.6) is 0 Å². The van der Waals surface area contributed by atoms with E-state index in [1.165, 1.54) is 34.8 Å². The van der Waals surface area contributed by atoms with Crippen molar-refractivity contribution in [3.63, 3.8) is 0 Å². The molecule has 0 radical (unpaired) electrons. The molecule has 1 aliphatic heterocycles. The van der Waals surface area contributed by atoms with E-state index in [-0.39, 0.29) is 12.4 Å². The molecule has 24 heavy (non-hydrogen) atoms. The Bertz CT molecular complexity index is 715. The summed E-state index contributed by atoms with van der Waals surface area (Å²) in [6.07, 6.45) is 1.26. The molecule has 0 amide bonds. The number of ether oxygens (including phenoxy) is 1. The van der Waals surface area contributed by atoms with Crippen LogP contribution in [-0.2, 0) is 4.74 Å². The van der Waals surface area contributed by atoms with E-state index in [0.717, 1.165) is 4.88 Å². The first kappa shape index (κ1) is 17.6. The van der Waals surface area contributed by atoms with Crippen LogP contribution >= 0.6 is 34.9 Å². The number of benzene rings is 1. The maximum absolute atomic E-state index is 12.1. The van der Waals surface area contributed by atoms with Gasteiger partial charge < -0.3 is 4.74 Å². The van der Waals surface area contributed by atoms with Crippen LogP contribution in [0.15, 0.2) is 36.4 Å². The first-order valence-electron chi connectivity index (χ1n) is 7.73. The van der Waals surface area contributed by atoms with E-state index in [2.05, 4.69) is 0 Å². The fourth-order valence-electron chi connectivity index (χ4n) is 2.33. The van der Waals surface area contributed by atoms with Crippen LogP contribution in [0.2, 0.25) is 0 Å². The van der Waals surface area contributed by atoms with Crippen molar-refractivity contribution in [3.8, 4) is 0 Å². The highest BCUT2D eigenvalue weighted by atomic mass is 32.2. The van der Waals surface area contributed by atoms with Gasteiger partial charge in [-0.3, -0.25) is 4.79 Å². The van der Waals surface area contributed by atoms with E-state index < -0.39 is 5.97 Å². The molecule has 6 heteroatoms. The van der Waals surface area contributed by atoms with Crippen LogP contribution in [0.25, 0.3) is 0 Å². The molecular formula is C18H18O3S3. The first-order chi connectivity index (χ1) is 11.6. The summed E-state index contributed by atoms with van der Waals surface area (Å²) in [5.41, 5.74) is 1.71. The van der Waals surface area contributed by atoms with Crippen LogP contribution in [0.4, 0.5) is 0 Å². The Hall–Kier alpha value is -1.24. The Labute approximate surface area is 154 Å². The summed E-state index contributed by atoms with van der Waals surface area (Å²) in [6.45, 7) is 1.73. The molecule has 2 aromatic rings. The van der Waals surface area contributed by atoms with Crippen LogP contribution < -0.4 is 0 Å². The molecular weight excluding hydrogens is 360 g/mol. The summed E-state index contributed by atoms with van der Waals surface area (Å²) < 4.78 is 5.60. The number of rotatable bonds is 5. The molecule has 1 aliphatic rings. The van der Waals surface area contributed by atoms with Crippen LogP contribution in [0, 0.1) is 6.92 Å². The van der Waals surface area contributed by atoms with Gasteiger partial charge in [0.25, 0.3) is 0 Å². The summed E-state index contributed by atoms with van der Waals surface area (Å²) in [6, 6.07) is 11.2. The van der Waals surface area contributed by atoms with Crippen LogP contribution in [0.1, 0.15) is 41.5 Å². The molecule has 1 aromatic carbocycles. The lowest BCUT2D eigenvalue weighted by Gasteiger charge is -2.21. The summed E-state index contributed by atoms with van der Waals surface area (Å²) in [7, 11) is 0. The van der Waals surface area contributed by atoms with Gasteiger partial charge in [0.05, 0.1) is 15.0 Å². The minimum atomic E-state index is -0.452. The number of carbonyl (C=O) groups excluding carboxylic acids is 2. The third-order valence-corrected chi connectivity index (χ3v) is 7.65. The number of hydrogen-bond acceptors (Lipinski definition) is 6. The number of ketones is 1. The molecule has 0 spiro atoms. The third kappa shape index (κ3) is 4.43. The summed E-state index contributed by atoms with van der Waals surface area (Å²) >= 11 is 5.31. The summed E-state index contributed by atoms with van der Waals surface area (Å²) in [4.78, 5) is 25.8. The van der Waals surface area contributed by atoms with E-state index in [1.54, 1.807) is 18.2 Å². The van der Waals surface area contributed by atoms with Crippen molar-refractivity contribution in [1.82, 2.24) is 0 Å². The zero-order chi connectivity index (χ0) is 16.9. The van der Waals surface area contributed by atoms with Crippen molar-refractivity contribution < 1.29 is 14.3 Å². The molecule has 2 heterocycles. The average Bonchev–Trinajstić information content (AvgIpc) is 3.07. The lowest BCUT2D eigenvalue weighted by Crippen LogP contribution is -2.13. The number of thioether (sulfide) groups is 2. The topological polar surface area (TPSA) is 43.4 Å². The normalized spacial score (nSPS) is 15.2. The molecule has 1 aromatic heterocycles. The van der Waals surface area contributed by atoms with Gasteiger partial charge in [-0.05, 0) is 54.7 Å². The molecule has 1 fully saturated rings. The van der Waals surface area contributed by atoms with Crippen molar-refractivity contribution in [2.75, 3.05) is 18.1 Å². The molecule has 0 saturated carbocycles. The maximum Gasteiger partial charge on any atom is 0.338 e. The van der Waals surface area contributed by atoms with Gasteiger partial charge in [0, 0.05) is 4.88 Å². The molecule has 0 atom stereocenters. The van der Waals surface area contributed by atoms with E-state index >= 15 is 0 Å². The number of Topliss-reactive ketones (excluding diaryl/α,β-unsaturated/α-hetero) is 1. The number of carbonyl (C=O) groups is 2. The zero-order valence-corrected chi connectivity index (χ0v) is 15.8. The first-order valence-corrected chi connectivity index (χ1v) is 10.6. The fraction of sp³-hybridized carbons (Fsp3) is 0.333. The molecule has 126 valence electrons. The third-order valence-electron chi connectivity index (χ3n) is 3.60. The van der Waals surface area contributed by atoms with Crippen molar-refractivity contribution in [1.29, 1.82) is 0 Å². The lowest BCUT2D eigenvalue weighted by molar-refractivity contribution is 0.0476. The Balaban J connectivity index is 1.55. The van der Waals surface area contributed by atoms with Crippen molar-refractivity contribution in [2.24, 2.45) is 0 Å². The van der Waals surface area contributed by atoms with Gasteiger partial charge in [0.1, 0.15) is 0 Å². The minimum Gasteiger partial charge on any atom is -0.454 e. The molecule has 3 rings (SSSR count). The van der Waals surface area contributed by atoms with E-state index in [1.807, 2.05) is 48.6 Å². The number of hydrogen-bond donors (Lipinski definition) is 0. The number of thiophene rings is 1. The fourth-order valence-corrected chi connectivity index (χ4v) is 6.01. The quantitative estimate of drug-likeness (QED) is 0.543. The van der Waals surface area contributed by atoms with E-state index in [0.29, 0.717) is 15.0 Å². The smallest absolute Gasteiger partial charge is 0.338 e. The second-order valence-electron chi connectivity index (χ2n) is 5.46. The maximum atomic E-state index is 12.1. The van der Waals surface area contributed by atoms with Crippen LogP contribution in [0.3, 0.4) is 0 Å². The van der Waals surface area contributed by atoms with Gasteiger partial charge >= 0.3 is 5.97 Å². The Kier molecular flexibility index (Phi) is 6.03. The molecule has 0 N–H and O–H groups in total. The highest BCUT2D eigenvalue weighted by Crippen LogP contribution is 2.43. The Morgan fingerprint density at radius 1 is 1.08 bits per heavy atom. The predicted molar refractivity (Wildman–Crippen MR) is 102 cm³/mol. The van der Waals surface area contributed by atoms with Gasteiger partial charge in [0.15, 0.2) is 6.61 Å². The SMILES string of the molecule is Cc1ccc(C(=O)COC(=O)c2ccc(C3SCCCS3)cc2)s1. The average molecular weight is 379 g/mol. The molecule has 0 unspecified atom stereocenters. The van der Waals surface area contributed by atoms with E-state index in [9.17, 15) is 9.59 Å². The number of aryl methyl sites for hydroxylation is 1. The molecule has 0 bridgehead atoms. The number of esters is 1. The van der Waals surface area contributed by atoms with Crippen molar-refractivity contribution in [3.05, 3.63) is 57.3 Å². The Morgan fingerprint density at radius 3 is 2.42 bits per heavy atom. The predicted octanol–water partition coefficient (Wildman–Crippen LogP) is 4.96. The van der Waals surface area contributed by atoms with Gasteiger partial charge in [-0.2, -0.15) is 0 Å². The molecule has 0 aliphatic carbocycles. The lowest BCUT2D eigenvalue weighted by atomic mass is 10.1. The van der Waals surface area contributed by atoms with Gasteiger partial charge in [-0.1, -0.05) is 12.1 Å². The molecule has 3 nitrogen and oxygen atoms in total. The van der Waals surface area contributed by atoms with Gasteiger partial charge in [-0.15, -0.1) is 34.9 Å². The zero-order valence-electron chi connectivity index (χ0n) is 13.3. The van der Waals surface area contributed by atoms with Crippen molar-refractivity contribution >= 4 is 46.6 Å². The van der Waals surface area contributed by atoms with Crippen molar-refractivity contribution in [2.45, 2.75) is 17.9 Å². The standard InChI is InChI=1S/C18H18O3S3/c1-12-3-8-16(24-12)15(19)11-21-17(20)13-4-6-14(7-5-13)18-22-9-2-10-23-18/h3-8,18H,2,9-11H2,1H3. The highest BCUT2D eigenvalue weighted by Gasteiger charge is 2.18. The monoisotopic (exact) mass is 378 g/mol.